The number of fused-ring (bicyclic) bond motifs is 1. The van der Waals surface area contributed by atoms with Gasteiger partial charge in [0.2, 0.25) is 0 Å². The van der Waals surface area contributed by atoms with Crippen molar-refractivity contribution in [2.45, 2.75) is 32.7 Å². The van der Waals surface area contributed by atoms with Gasteiger partial charge < -0.3 is 11.1 Å². The third kappa shape index (κ3) is 3.24. The maximum Gasteiger partial charge on any atom is 0.134 e. The smallest absolute Gasteiger partial charge is 0.134 e. The molecule has 3 N–H and O–H groups in total. The van der Waals surface area contributed by atoms with Crippen molar-refractivity contribution in [1.82, 2.24) is 4.98 Å². The summed E-state index contributed by atoms with van der Waals surface area (Å²) in [5.41, 5.74) is 5.84. The Morgan fingerprint density at radius 2 is 2.00 bits per heavy atom. The average Bonchev–Trinajstić information content (AvgIpc) is 2.38. The predicted molar refractivity (Wildman–Crippen MR) is 82.3 cm³/mol. The summed E-state index contributed by atoms with van der Waals surface area (Å²) in [5.74, 6) is 1.52. The number of aromatic nitrogens is 1. The third-order valence-corrected chi connectivity index (χ3v) is 3.40. The molecule has 0 fully saturated rings. The Hall–Kier alpha value is -1.61. The van der Waals surface area contributed by atoms with Crippen molar-refractivity contribution in [3.63, 3.8) is 0 Å². The zero-order valence-electron chi connectivity index (χ0n) is 12.0. The fourth-order valence-corrected chi connectivity index (χ4v) is 2.59. The maximum atomic E-state index is 5.96. The maximum absolute atomic E-state index is 5.96. The van der Waals surface area contributed by atoms with Crippen molar-refractivity contribution in [2.75, 3.05) is 11.9 Å². The van der Waals surface area contributed by atoms with Crippen molar-refractivity contribution in [3.8, 4) is 0 Å². The monoisotopic (exact) mass is 257 g/mol. The SMILES string of the molecule is CC(C)CC(C)(CN)Nc1nccc2ccccc12. The molecule has 1 atom stereocenters. The Morgan fingerprint density at radius 1 is 1.26 bits per heavy atom. The quantitative estimate of drug-likeness (QED) is 0.863. The van der Waals surface area contributed by atoms with Gasteiger partial charge in [-0.2, -0.15) is 0 Å². The van der Waals surface area contributed by atoms with Gasteiger partial charge in [0, 0.05) is 23.7 Å². The van der Waals surface area contributed by atoms with Crippen LogP contribution in [-0.4, -0.2) is 17.1 Å². The number of hydrogen-bond acceptors (Lipinski definition) is 3. The van der Waals surface area contributed by atoms with Gasteiger partial charge in [0.05, 0.1) is 0 Å². The molecule has 1 aromatic carbocycles. The second kappa shape index (κ2) is 5.57. The number of pyridine rings is 1. The van der Waals surface area contributed by atoms with Crippen LogP contribution in [0.4, 0.5) is 5.82 Å². The summed E-state index contributed by atoms with van der Waals surface area (Å²) in [6, 6.07) is 10.3. The molecule has 2 rings (SSSR count). The molecule has 0 radical (unpaired) electrons. The van der Waals surface area contributed by atoms with E-state index in [1.807, 2.05) is 24.4 Å². The molecule has 2 aromatic rings. The molecule has 0 saturated carbocycles. The molecule has 0 amide bonds. The third-order valence-electron chi connectivity index (χ3n) is 3.40. The van der Waals surface area contributed by atoms with Crippen LogP contribution < -0.4 is 11.1 Å². The van der Waals surface area contributed by atoms with Crippen LogP contribution in [0.3, 0.4) is 0 Å². The Balaban J connectivity index is 2.34. The van der Waals surface area contributed by atoms with Crippen LogP contribution >= 0.6 is 0 Å². The second-order valence-electron chi connectivity index (χ2n) is 5.87. The molecule has 102 valence electrons. The Labute approximate surface area is 115 Å². The van der Waals surface area contributed by atoms with E-state index >= 15 is 0 Å². The van der Waals surface area contributed by atoms with Gasteiger partial charge in [0.1, 0.15) is 5.82 Å². The number of nitrogens with zero attached hydrogens (tertiary/aromatic N) is 1. The molecule has 1 heterocycles. The van der Waals surface area contributed by atoms with Crippen molar-refractivity contribution in [2.24, 2.45) is 11.7 Å². The highest BCUT2D eigenvalue weighted by atomic mass is 15.1. The van der Waals surface area contributed by atoms with Crippen LogP contribution in [0, 0.1) is 5.92 Å². The predicted octanol–water partition coefficient (Wildman–Crippen LogP) is 3.41. The molecule has 3 heteroatoms. The Bertz CT molecular complexity index is 545. The molecule has 0 saturated heterocycles. The number of rotatable bonds is 5. The Kier molecular flexibility index (Phi) is 4.05. The van der Waals surface area contributed by atoms with E-state index in [1.165, 1.54) is 5.39 Å². The van der Waals surface area contributed by atoms with Crippen LogP contribution in [0.5, 0.6) is 0 Å². The zero-order valence-corrected chi connectivity index (χ0v) is 12.0. The summed E-state index contributed by atoms with van der Waals surface area (Å²) in [5, 5.41) is 5.89. The van der Waals surface area contributed by atoms with Gasteiger partial charge in [-0.05, 0) is 30.7 Å². The first-order valence-electron chi connectivity index (χ1n) is 6.86. The van der Waals surface area contributed by atoms with E-state index < -0.39 is 0 Å². The first-order chi connectivity index (χ1) is 9.04. The van der Waals surface area contributed by atoms with Gasteiger partial charge in [-0.15, -0.1) is 0 Å². The van der Waals surface area contributed by atoms with Crippen LogP contribution in [-0.2, 0) is 0 Å². The normalized spacial score (nSPS) is 14.6. The molecule has 0 aliphatic heterocycles. The second-order valence-corrected chi connectivity index (χ2v) is 5.87. The summed E-state index contributed by atoms with van der Waals surface area (Å²) in [7, 11) is 0. The number of anilines is 1. The summed E-state index contributed by atoms with van der Waals surface area (Å²) in [6.07, 6.45) is 2.87. The molecular weight excluding hydrogens is 234 g/mol. The minimum atomic E-state index is -0.120. The van der Waals surface area contributed by atoms with Crippen LogP contribution in [0.2, 0.25) is 0 Å². The van der Waals surface area contributed by atoms with Gasteiger partial charge in [-0.1, -0.05) is 38.1 Å². The van der Waals surface area contributed by atoms with Gasteiger partial charge in [-0.3, -0.25) is 0 Å². The molecule has 0 spiro atoms. The molecule has 0 aliphatic rings. The van der Waals surface area contributed by atoms with Crippen LogP contribution in [0.15, 0.2) is 36.5 Å². The minimum Gasteiger partial charge on any atom is -0.363 e. The van der Waals surface area contributed by atoms with Crippen molar-refractivity contribution >= 4 is 16.6 Å². The highest BCUT2D eigenvalue weighted by molar-refractivity contribution is 5.91. The van der Waals surface area contributed by atoms with Crippen molar-refractivity contribution in [1.29, 1.82) is 0 Å². The van der Waals surface area contributed by atoms with E-state index in [1.54, 1.807) is 0 Å². The van der Waals surface area contributed by atoms with E-state index in [0.29, 0.717) is 12.5 Å². The summed E-state index contributed by atoms with van der Waals surface area (Å²) in [6.45, 7) is 7.19. The molecule has 1 unspecified atom stereocenters. The molecule has 19 heavy (non-hydrogen) atoms. The van der Waals surface area contributed by atoms with Crippen LogP contribution in [0.25, 0.3) is 10.8 Å². The summed E-state index contributed by atoms with van der Waals surface area (Å²) >= 11 is 0. The lowest BCUT2D eigenvalue weighted by Gasteiger charge is -2.32. The first-order valence-corrected chi connectivity index (χ1v) is 6.86. The lowest BCUT2D eigenvalue weighted by molar-refractivity contribution is 0.406. The van der Waals surface area contributed by atoms with Gasteiger partial charge in [-0.25, -0.2) is 4.98 Å². The largest absolute Gasteiger partial charge is 0.363 e. The van der Waals surface area contributed by atoms with Crippen molar-refractivity contribution < 1.29 is 0 Å². The van der Waals surface area contributed by atoms with Gasteiger partial charge in [0.25, 0.3) is 0 Å². The topological polar surface area (TPSA) is 50.9 Å². The number of benzene rings is 1. The molecular formula is C16H23N3. The zero-order chi connectivity index (χ0) is 13.9. The van der Waals surface area contributed by atoms with Crippen molar-refractivity contribution in [3.05, 3.63) is 36.5 Å². The van der Waals surface area contributed by atoms with Crippen LogP contribution in [0.1, 0.15) is 27.2 Å². The van der Waals surface area contributed by atoms with Gasteiger partial charge in [0.15, 0.2) is 0 Å². The lowest BCUT2D eigenvalue weighted by atomic mass is 9.90. The lowest BCUT2D eigenvalue weighted by Crippen LogP contribution is -2.43. The fraction of sp³-hybridized carbons (Fsp3) is 0.438. The molecule has 3 nitrogen and oxygen atoms in total. The van der Waals surface area contributed by atoms with E-state index in [4.69, 9.17) is 5.73 Å². The molecule has 1 aromatic heterocycles. The fourth-order valence-electron chi connectivity index (χ4n) is 2.59. The standard InChI is InChI=1S/C16H23N3/c1-12(2)10-16(3,11-17)19-15-14-7-5-4-6-13(14)8-9-18-15/h4-9,12H,10-11,17H2,1-3H3,(H,18,19). The Morgan fingerprint density at radius 3 is 2.68 bits per heavy atom. The van der Waals surface area contributed by atoms with E-state index in [-0.39, 0.29) is 5.54 Å². The molecule has 0 aliphatic carbocycles. The molecule has 0 bridgehead atoms. The highest BCUT2D eigenvalue weighted by Gasteiger charge is 2.24. The van der Waals surface area contributed by atoms with Gasteiger partial charge >= 0.3 is 0 Å². The highest BCUT2D eigenvalue weighted by Crippen LogP contribution is 2.26. The van der Waals surface area contributed by atoms with E-state index in [9.17, 15) is 0 Å². The van der Waals surface area contributed by atoms with E-state index in [2.05, 4.69) is 43.2 Å². The number of hydrogen-bond donors (Lipinski definition) is 2. The average molecular weight is 257 g/mol. The summed E-state index contributed by atoms with van der Waals surface area (Å²) < 4.78 is 0. The minimum absolute atomic E-state index is 0.120. The number of nitrogens with one attached hydrogen (secondary N) is 1. The number of nitrogens with two attached hydrogens (primary N) is 1. The summed E-state index contributed by atoms with van der Waals surface area (Å²) in [4.78, 5) is 4.48. The first kappa shape index (κ1) is 13.8. The van der Waals surface area contributed by atoms with E-state index in [0.717, 1.165) is 17.6 Å².